The van der Waals surface area contributed by atoms with Gasteiger partial charge in [-0.05, 0) is 37.2 Å². The lowest BCUT2D eigenvalue weighted by Crippen LogP contribution is -2.58. The highest BCUT2D eigenvalue weighted by atomic mass is 16.3. The van der Waals surface area contributed by atoms with Gasteiger partial charge in [-0.2, -0.15) is 0 Å². The molecule has 0 radical (unpaired) electrons. The second-order valence-corrected chi connectivity index (χ2v) is 6.28. The zero-order valence-corrected chi connectivity index (χ0v) is 11.6. The first-order chi connectivity index (χ1) is 9.29. The maximum Gasteiger partial charge on any atom is 0.0828 e. The third-order valence-corrected chi connectivity index (χ3v) is 5.13. The van der Waals surface area contributed by atoms with E-state index in [0.29, 0.717) is 5.92 Å². The Kier molecular flexibility index (Phi) is 3.90. The van der Waals surface area contributed by atoms with E-state index in [4.69, 9.17) is 0 Å². The Morgan fingerprint density at radius 2 is 1.84 bits per heavy atom. The molecular weight excluding hydrogens is 234 g/mol. The van der Waals surface area contributed by atoms with Crippen LogP contribution in [0.25, 0.3) is 0 Å². The van der Waals surface area contributed by atoms with Crippen LogP contribution in [0.3, 0.4) is 0 Å². The zero-order chi connectivity index (χ0) is 13.1. The van der Waals surface area contributed by atoms with E-state index in [2.05, 4.69) is 35.6 Å². The van der Waals surface area contributed by atoms with Crippen LogP contribution in [-0.4, -0.2) is 16.7 Å². The predicted octanol–water partition coefficient (Wildman–Crippen LogP) is 3.25. The van der Waals surface area contributed by atoms with E-state index in [1.54, 1.807) is 0 Å². The molecule has 2 fully saturated rings. The minimum Gasteiger partial charge on any atom is -0.388 e. The molecule has 3 rings (SSSR count). The first kappa shape index (κ1) is 13.1. The monoisotopic (exact) mass is 259 g/mol. The van der Waals surface area contributed by atoms with Crippen LogP contribution < -0.4 is 5.32 Å². The smallest absolute Gasteiger partial charge is 0.0828 e. The molecule has 0 heterocycles. The molecule has 2 nitrogen and oxygen atoms in total. The van der Waals surface area contributed by atoms with Gasteiger partial charge < -0.3 is 10.4 Å². The molecule has 0 aromatic heterocycles. The van der Waals surface area contributed by atoms with Gasteiger partial charge >= 0.3 is 0 Å². The van der Waals surface area contributed by atoms with Crippen molar-refractivity contribution in [1.29, 1.82) is 0 Å². The second-order valence-electron chi connectivity index (χ2n) is 6.28. The van der Waals surface area contributed by atoms with Gasteiger partial charge in [0.25, 0.3) is 0 Å². The lowest BCUT2D eigenvalue weighted by atomic mass is 9.65. The fraction of sp³-hybridized carbons (Fsp3) is 0.647. The van der Waals surface area contributed by atoms with Gasteiger partial charge in [-0.1, -0.05) is 49.6 Å². The summed E-state index contributed by atoms with van der Waals surface area (Å²) in [5.74, 6) is 0.531. The Bertz CT molecular complexity index is 403. The van der Waals surface area contributed by atoms with E-state index in [1.165, 1.54) is 37.7 Å². The predicted molar refractivity (Wildman–Crippen MR) is 77.8 cm³/mol. The molecule has 19 heavy (non-hydrogen) atoms. The van der Waals surface area contributed by atoms with Crippen molar-refractivity contribution < 1.29 is 5.11 Å². The van der Waals surface area contributed by atoms with E-state index in [9.17, 15) is 5.11 Å². The fourth-order valence-electron chi connectivity index (χ4n) is 4.04. The Hall–Kier alpha value is -0.860. The van der Waals surface area contributed by atoms with Crippen molar-refractivity contribution in [2.45, 2.75) is 63.1 Å². The fourth-order valence-corrected chi connectivity index (χ4v) is 4.04. The number of aliphatic hydroxyl groups is 1. The number of rotatable bonds is 3. The lowest BCUT2D eigenvalue weighted by Gasteiger charge is -2.49. The minimum absolute atomic E-state index is 0.284. The van der Waals surface area contributed by atoms with Crippen molar-refractivity contribution in [1.82, 2.24) is 5.32 Å². The van der Waals surface area contributed by atoms with Crippen molar-refractivity contribution in [3.8, 4) is 0 Å². The van der Waals surface area contributed by atoms with Crippen molar-refractivity contribution in [3.63, 3.8) is 0 Å². The van der Waals surface area contributed by atoms with Crippen LogP contribution >= 0.6 is 0 Å². The van der Waals surface area contributed by atoms with E-state index in [0.717, 1.165) is 19.4 Å². The van der Waals surface area contributed by atoms with E-state index >= 15 is 0 Å². The van der Waals surface area contributed by atoms with Gasteiger partial charge in [0.2, 0.25) is 0 Å². The number of fused-ring (bicyclic) bond motifs is 1. The first-order valence-corrected chi connectivity index (χ1v) is 7.79. The largest absolute Gasteiger partial charge is 0.388 e. The zero-order valence-electron chi connectivity index (χ0n) is 11.6. The highest BCUT2D eigenvalue weighted by Crippen LogP contribution is 2.43. The van der Waals surface area contributed by atoms with Crippen LogP contribution in [0.1, 0.15) is 50.5 Å². The SMILES string of the molecule is O[C@]12CCCC[C@@H]1CCC[C@@H]2NCc1ccccc1. The van der Waals surface area contributed by atoms with Crippen LogP contribution in [0.4, 0.5) is 0 Å². The summed E-state index contributed by atoms with van der Waals surface area (Å²) < 4.78 is 0. The molecule has 0 spiro atoms. The Morgan fingerprint density at radius 3 is 2.68 bits per heavy atom. The second kappa shape index (κ2) is 5.64. The van der Waals surface area contributed by atoms with Crippen LogP contribution in [0.5, 0.6) is 0 Å². The summed E-state index contributed by atoms with van der Waals surface area (Å²) in [5, 5.41) is 14.7. The lowest BCUT2D eigenvalue weighted by molar-refractivity contribution is -0.0989. The molecule has 2 heteroatoms. The van der Waals surface area contributed by atoms with Gasteiger partial charge in [0.15, 0.2) is 0 Å². The highest BCUT2D eigenvalue weighted by Gasteiger charge is 2.46. The summed E-state index contributed by atoms with van der Waals surface area (Å²) in [4.78, 5) is 0. The van der Waals surface area contributed by atoms with Crippen LogP contribution in [0.15, 0.2) is 30.3 Å². The molecule has 0 bridgehead atoms. The van der Waals surface area contributed by atoms with Crippen LogP contribution in [0.2, 0.25) is 0 Å². The summed E-state index contributed by atoms with van der Waals surface area (Å²) in [7, 11) is 0. The number of hydrogen-bond donors (Lipinski definition) is 2. The topological polar surface area (TPSA) is 32.3 Å². The van der Waals surface area contributed by atoms with Gasteiger partial charge in [-0.15, -0.1) is 0 Å². The van der Waals surface area contributed by atoms with Gasteiger partial charge in [0.05, 0.1) is 5.60 Å². The molecule has 1 aromatic rings. The third kappa shape index (κ3) is 2.70. The summed E-state index contributed by atoms with van der Waals surface area (Å²) in [6.45, 7) is 0.876. The minimum atomic E-state index is -0.439. The van der Waals surface area contributed by atoms with Gasteiger partial charge in [-0.3, -0.25) is 0 Å². The summed E-state index contributed by atoms with van der Waals surface area (Å²) in [5.41, 5.74) is 0.870. The number of hydrogen-bond acceptors (Lipinski definition) is 2. The number of nitrogens with one attached hydrogen (secondary N) is 1. The quantitative estimate of drug-likeness (QED) is 0.873. The Morgan fingerprint density at radius 1 is 1.05 bits per heavy atom. The molecule has 0 aliphatic heterocycles. The Balaban J connectivity index is 1.66. The number of benzene rings is 1. The van der Waals surface area contributed by atoms with Gasteiger partial charge in [0.1, 0.15) is 0 Å². The standard InChI is InChI=1S/C17H25NO/c19-17-12-5-4-9-15(17)10-6-11-16(17)18-13-14-7-2-1-3-8-14/h1-3,7-8,15-16,18-19H,4-6,9-13H2/t15-,16+,17-/m1/s1. The van der Waals surface area contributed by atoms with Crippen molar-refractivity contribution in [2.24, 2.45) is 5.92 Å². The van der Waals surface area contributed by atoms with Crippen molar-refractivity contribution in [2.75, 3.05) is 0 Å². The molecule has 2 aliphatic carbocycles. The summed E-state index contributed by atoms with van der Waals surface area (Å²) in [6.07, 6.45) is 8.32. The molecular formula is C17H25NO. The van der Waals surface area contributed by atoms with Gasteiger partial charge in [-0.25, -0.2) is 0 Å². The van der Waals surface area contributed by atoms with Gasteiger partial charge in [0, 0.05) is 12.6 Å². The average Bonchev–Trinajstić information content (AvgIpc) is 2.46. The van der Waals surface area contributed by atoms with E-state index in [1.807, 2.05) is 0 Å². The maximum atomic E-state index is 11.1. The normalized spacial score (nSPS) is 34.8. The maximum absolute atomic E-state index is 11.1. The molecule has 0 saturated heterocycles. The average molecular weight is 259 g/mol. The third-order valence-electron chi connectivity index (χ3n) is 5.13. The highest BCUT2D eigenvalue weighted by molar-refractivity contribution is 5.15. The molecule has 2 saturated carbocycles. The molecule has 1 aromatic carbocycles. The van der Waals surface area contributed by atoms with Crippen LogP contribution in [0, 0.1) is 5.92 Å². The molecule has 2 N–H and O–H groups in total. The van der Waals surface area contributed by atoms with E-state index in [-0.39, 0.29) is 6.04 Å². The summed E-state index contributed by atoms with van der Waals surface area (Å²) >= 11 is 0. The summed E-state index contributed by atoms with van der Waals surface area (Å²) in [6, 6.07) is 10.8. The molecule has 0 unspecified atom stereocenters. The molecule has 2 aliphatic rings. The van der Waals surface area contributed by atoms with Crippen molar-refractivity contribution >= 4 is 0 Å². The molecule has 0 amide bonds. The molecule has 3 atom stereocenters. The van der Waals surface area contributed by atoms with Crippen LogP contribution in [-0.2, 0) is 6.54 Å². The van der Waals surface area contributed by atoms with E-state index < -0.39 is 5.60 Å². The first-order valence-electron chi connectivity index (χ1n) is 7.79. The Labute approximate surface area is 116 Å². The van der Waals surface area contributed by atoms with Crippen molar-refractivity contribution in [3.05, 3.63) is 35.9 Å². The molecule has 104 valence electrons.